The summed E-state index contributed by atoms with van der Waals surface area (Å²) in [5, 5.41) is 2.32. The molecule has 1 saturated carbocycles. The standard InChI is InChI=1S/C13H14N2O4.3C2H6/c1-3-4-9-7(2)19-12(18)15(9)13-5-8(6-13)10(16)14-11(13)17;3*1-2/h3-4,8H,5-6H2,1-2H3,(H,14,16,17);3*1-2H3/b4-3-;;;. The quantitative estimate of drug-likeness (QED) is 0.824. The first-order valence-electron chi connectivity index (χ1n) is 9.20. The zero-order chi connectivity index (χ0) is 19.8. The number of hydrogen-bond acceptors (Lipinski definition) is 4. The number of carbonyl (C=O) groups is 2. The third-order valence-corrected chi connectivity index (χ3v) is 3.98. The molecule has 6 heteroatoms. The average Bonchev–Trinajstić information content (AvgIpc) is 2.87. The van der Waals surface area contributed by atoms with Gasteiger partial charge in [-0.25, -0.2) is 4.79 Å². The second-order valence-corrected chi connectivity index (χ2v) is 5.10. The topological polar surface area (TPSA) is 81.3 Å². The minimum absolute atomic E-state index is 0.182. The molecule has 6 nitrogen and oxygen atoms in total. The van der Waals surface area contributed by atoms with E-state index >= 15 is 0 Å². The summed E-state index contributed by atoms with van der Waals surface area (Å²) in [6, 6.07) is 0. The number of allylic oxidation sites excluding steroid dienone is 1. The first kappa shape index (κ1) is 22.9. The number of nitrogens with one attached hydrogen (secondary N) is 1. The molecule has 1 aromatic rings. The van der Waals surface area contributed by atoms with Gasteiger partial charge in [-0.1, -0.05) is 47.6 Å². The van der Waals surface area contributed by atoms with Gasteiger partial charge in [0.15, 0.2) is 0 Å². The maximum absolute atomic E-state index is 12.1. The molecule has 25 heavy (non-hydrogen) atoms. The van der Waals surface area contributed by atoms with E-state index in [0.717, 1.165) is 0 Å². The number of imide groups is 1. The molecule has 142 valence electrons. The highest BCUT2D eigenvalue weighted by molar-refractivity contribution is 6.06. The van der Waals surface area contributed by atoms with E-state index in [-0.39, 0.29) is 11.8 Å². The number of rotatable bonds is 2. The van der Waals surface area contributed by atoms with Crippen molar-refractivity contribution in [2.24, 2.45) is 5.92 Å². The van der Waals surface area contributed by atoms with Gasteiger partial charge in [0.25, 0.3) is 5.91 Å². The summed E-state index contributed by atoms with van der Waals surface area (Å²) in [5.41, 5.74) is -0.363. The highest BCUT2D eigenvalue weighted by Gasteiger charge is 2.60. The van der Waals surface area contributed by atoms with Crippen LogP contribution in [-0.4, -0.2) is 16.4 Å². The van der Waals surface area contributed by atoms with E-state index in [1.165, 1.54) is 4.57 Å². The molecule has 3 heterocycles. The van der Waals surface area contributed by atoms with Crippen molar-refractivity contribution in [1.29, 1.82) is 0 Å². The van der Waals surface area contributed by atoms with Crippen LogP contribution in [0.3, 0.4) is 0 Å². The molecule has 1 aromatic heterocycles. The number of oxazole rings is 1. The van der Waals surface area contributed by atoms with Crippen molar-refractivity contribution in [3.63, 3.8) is 0 Å². The number of piperidine rings is 2. The first-order valence-corrected chi connectivity index (χ1v) is 9.20. The Bertz CT molecular complexity index is 661. The Balaban J connectivity index is 0.000000871. The summed E-state index contributed by atoms with van der Waals surface area (Å²) < 4.78 is 6.50. The number of aromatic nitrogens is 1. The molecule has 1 aliphatic carbocycles. The number of aryl methyl sites for hydroxylation is 1. The van der Waals surface area contributed by atoms with Crippen LogP contribution in [-0.2, 0) is 15.1 Å². The summed E-state index contributed by atoms with van der Waals surface area (Å²) in [5.74, 6) is -0.904. The normalized spacial score (nSPS) is 23.1. The summed E-state index contributed by atoms with van der Waals surface area (Å²) in [4.78, 5) is 35.6. The second-order valence-electron chi connectivity index (χ2n) is 5.10. The van der Waals surface area contributed by atoms with Crippen LogP contribution in [0.4, 0.5) is 0 Å². The molecule has 2 saturated heterocycles. The Labute approximate surface area is 150 Å². The minimum atomic E-state index is -0.956. The minimum Gasteiger partial charge on any atom is -0.413 e. The fraction of sp³-hybridized carbons (Fsp3) is 0.632. The molecule has 4 rings (SSSR count). The summed E-state index contributed by atoms with van der Waals surface area (Å²) in [6.45, 7) is 15.5. The summed E-state index contributed by atoms with van der Waals surface area (Å²) in [7, 11) is 0. The zero-order valence-electron chi connectivity index (χ0n) is 16.7. The molecular weight excluding hydrogens is 320 g/mol. The third-order valence-electron chi connectivity index (χ3n) is 3.98. The van der Waals surface area contributed by atoms with Gasteiger partial charge in [-0.3, -0.25) is 19.5 Å². The largest absolute Gasteiger partial charge is 0.420 e. The van der Waals surface area contributed by atoms with Crippen molar-refractivity contribution in [2.45, 2.75) is 73.8 Å². The fourth-order valence-corrected chi connectivity index (χ4v) is 2.98. The average molecular weight is 352 g/mol. The van der Waals surface area contributed by atoms with Gasteiger partial charge in [-0.05, 0) is 32.8 Å². The van der Waals surface area contributed by atoms with Gasteiger partial charge in [0.05, 0.1) is 5.69 Å². The van der Waals surface area contributed by atoms with Crippen LogP contribution in [0.5, 0.6) is 0 Å². The lowest BCUT2D eigenvalue weighted by Gasteiger charge is -2.49. The Morgan fingerprint density at radius 1 is 1.08 bits per heavy atom. The molecular formula is C19H32N2O4. The van der Waals surface area contributed by atoms with E-state index in [1.807, 2.05) is 48.5 Å². The molecule has 0 atom stereocenters. The van der Waals surface area contributed by atoms with E-state index in [0.29, 0.717) is 24.3 Å². The predicted molar refractivity (Wildman–Crippen MR) is 100 cm³/mol. The van der Waals surface area contributed by atoms with Crippen molar-refractivity contribution in [1.82, 2.24) is 9.88 Å². The van der Waals surface area contributed by atoms with Crippen molar-refractivity contribution in [3.8, 4) is 0 Å². The summed E-state index contributed by atoms with van der Waals surface area (Å²) >= 11 is 0. The SMILES string of the molecule is C/C=C\c1c(C)oc(=O)n1C12CC(C1)C(=O)NC2=O.CC.CC.CC. The van der Waals surface area contributed by atoms with Crippen LogP contribution in [0, 0.1) is 12.8 Å². The molecule has 0 aromatic carbocycles. The molecule has 3 aliphatic rings. The second kappa shape index (κ2) is 10.0. The monoisotopic (exact) mass is 352 g/mol. The number of hydrogen-bond donors (Lipinski definition) is 1. The van der Waals surface area contributed by atoms with Gasteiger partial charge in [0, 0.05) is 5.92 Å². The van der Waals surface area contributed by atoms with E-state index in [9.17, 15) is 14.4 Å². The van der Waals surface area contributed by atoms with Crippen LogP contribution in [0.1, 0.15) is 72.8 Å². The maximum Gasteiger partial charge on any atom is 0.420 e. The van der Waals surface area contributed by atoms with Crippen molar-refractivity contribution in [3.05, 3.63) is 28.1 Å². The number of amides is 2. The van der Waals surface area contributed by atoms with E-state index in [4.69, 9.17) is 4.42 Å². The van der Waals surface area contributed by atoms with Crippen LogP contribution in [0.25, 0.3) is 6.08 Å². The zero-order valence-corrected chi connectivity index (χ0v) is 16.7. The number of nitrogens with zero attached hydrogens (tertiary/aromatic N) is 1. The van der Waals surface area contributed by atoms with Gasteiger partial charge in [0.1, 0.15) is 11.3 Å². The Kier molecular flexibility index (Phi) is 9.17. The van der Waals surface area contributed by atoms with Gasteiger partial charge in [0.2, 0.25) is 5.91 Å². The van der Waals surface area contributed by atoms with Gasteiger partial charge >= 0.3 is 5.76 Å². The van der Waals surface area contributed by atoms with Crippen LogP contribution >= 0.6 is 0 Å². The summed E-state index contributed by atoms with van der Waals surface area (Å²) in [6.07, 6.45) is 4.28. The molecule has 2 amide bonds. The smallest absolute Gasteiger partial charge is 0.413 e. The van der Waals surface area contributed by atoms with Crippen molar-refractivity contribution < 1.29 is 14.0 Å². The lowest BCUT2D eigenvalue weighted by atomic mass is 9.64. The maximum atomic E-state index is 12.1. The van der Waals surface area contributed by atoms with Crippen LogP contribution < -0.4 is 11.1 Å². The van der Waals surface area contributed by atoms with Crippen molar-refractivity contribution >= 4 is 17.9 Å². The lowest BCUT2D eigenvalue weighted by molar-refractivity contribution is -0.157. The van der Waals surface area contributed by atoms with E-state index < -0.39 is 17.2 Å². The first-order chi connectivity index (χ1) is 12.0. The van der Waals surface area contributed by atoms with Crippen LogP contribution in [0.15, 0.2) is 15.3 Å². The fourth-order valence-electron chi connectivity index (χ4n) is 2.98. The highest BCUT2D eigenvalue weighted by atomic mass is 16.4. The molecule has 1 N–H and O–H groups in total. The molecule has 0 unspecified atom stereocenters. The third kappa shape index (κ3) is 3.94. The van der Waals surface area contributed by atoms with Gasteiger partial charge in [-0.2, -0.15) is 0 Å². The highest BCUT2D eigenvalue weighted by Crippen LogP contribution is 2.47. The molecule has 2 bridgehead atoms. The molecule has 2 aliphatic heterocycles. The van der Waals surface area contributed by atoms with E-state index in [1.54, 1.807) is 19.1 Å². The van der Waals surface area contributed by atoms with Crippen LogP contribution in [0.2, 0.25) is 0 Å². The van der Waals surface area contributed by atoms with E-state index in [2.05, 4.69) is 5.32 Å². The van der Waals surface area contributed by atoms with Gasteiger partial charge < -0.3 is 4.42 Å². The number of fused-ring (bicyclic) bond motifs is 2. The Morgan fingerprint density at radius 3 is 2.04 bits per heavy atom. The molecule has 0 radical (unpaired) electrons. The molecule has 0 spiro atoms. The Hall–Kier alpha value is -2.11. The predicted octanol–water partition coefficient (Wildman–Crippen LogP) is 3.62. The van der Waals surface area contributed by atoms with Crippen molar-refractivity contribution in [2.75, 3.05) is 0 Å². The molecule has 3 fully saturated rings. The lowest BCUT2D eigenvalue weighted by Crippen LogP contribution is -2.68. The number of carbonyl (C=O) groups excluding carboxylic acids is 2. The Morgan fingerprint density at radius 2 is 1.60 bits per heavy atom. The van der Waals surface area contributed by atoms with Gasteiger partial charge in [-0.15, -0.1) is 0 Å².